The smallest absolute Gasteiger partial charge is 0.257 e. The summed E-state index contributed by atoms with van der Waals surface area (Å²) in [7, 11) is 0. The Morgan fingerprint density at radius 1 is 0.943 bits per heavy atom. The molecule has 0 spiro atoms. The molecule has 3 aromatic rings. The van der Waals surface area contributed by atoms with Gasteiger partial charge in [0.15, 0.2) is 5.13 Å². The van der Waals surface area contributed by atoms with Gasteiger partial charge in [0.25, 0.3) is 5.91 Å². The summed E-state index contributed by atoms with van der Waals surface area (Å²) in [5.41, 5.74) is 3.97. The van der Waals surface area contributed by atoms with E-state index in [0.29, 0.717) is 28.2 Å². The van der Waals surface area contributed by atoms with Crippen molar-refractivity contribution in [1.82, 2.24) is 4.98 Å². The molecule has 1 saturated heterocycles. The Bertz CT molecular complexity index is 1370. The molecule has 7 heteroatoms. The van der Waals surface area contributed by atoms with Crippen LogP contribution in [-0.4, -0.2) is 22.7 Å². The molecule has 2 saturated carbocycles. The molecule has 0 unspecified atom stereocenters. The van der Waals surface area contributed by atoms with Crippen molar-refractivity contribution in [2.24, 2.45) is 35.5 Å². The van der Waals surface area contributed by atoms with Crippen LogP contribution in [0.5, 0.6) is 0 Å². The number of amides is 3. The van der Waals surface area contributed by atoms with Crippen molar-refractivity contribution in [1.29, 1.82) is 0 Å². The van der Waals surface area contributed by atoms with Gasteiger partial charge in [-0.1, -0.05) is 42.0 Å². The van der Waals surface area contributed by atoms with Crippen molar-refractivity contribution in [3.8, 4) is 11.3 Å². The van der Waals surface area contributed by atoms with Gasteiger partial charge in [-0.3, -0.25) is 24.6 Å². The number of aryl methyl sites for hydroxylation is 1. The van der Waals surface area contributed by atoms with Gasteiger partial charge < -0.3 is 0 Å². The summed E-state index contributed by atoms with van der Waals surface area (Å²) in [5.74, 6) is 0.638. The van der Waals surface area contributed by atoms with E-state index < -0.39 is 0 Å². The number of rotatable bonds is 4. The van der Waals surface area contributed by atoms with Gasteiger partial charge in [0.1, 0.15) is 0 Å². The average Bonchev–Trinajstić information content (AvgIpc) is 3.51. The lowest BCUT2D eigenvalue weighted by molar-refractivity contribution is -0.124. The summed E-state index contributed by atoms with van der Waals surface area (Å²) in [6.07, 6.45) is 5.49. The molecule has 1 aromatic heterocycles. The molecular weight excluding hydrogens is 458 g/mol. The molecule has 1 aliphatic heterocycles. The first-order valence-corrected chi connectivity index (χ1v) is 12.9. The average molecular weight is 482 g/mol. The lowest BCUT2D eigenvalue weighted by atomic mass is 9.63. The Morgan fingerprint density at radius 3 is 2.20 bits per heavy atom. The van der Waals surface area contributed by atoms with Crippen molar-refractivity contribution in [3.05, 3.63) is 77.2 Å². The van der Waals surface area contributed by atoms with Crippen LogP contribution in [0.4, 0.5) is 10.8 Å². The predicted molar refractivity (Wildman–Crippen MR) is 134 cm³/mol. The quantitative estimate of drug-likeness (QED) is 0.423. The summed E-state index contributed by atoms with van der Waals surface area (Å²) in [4.78, 5) is 45.3. The molecule has 1 N–H and O–H groups in total. The van der Waals surface area contributed by atoms with Gasteiger partial charge in [-0.2, -0.15) is 0 Å². The number of carbonyl (C=O) groups excluding carboxylic acids is 3. The Kier molecular flexibility index (Phi) is 4.42. The lowest BCUT2D eigenvalue weighted by Crippen LogP contribution is -2.40. The molecule has 0 radical (unpaired) electrons. The monoisotopic (exact) mass is 481 g/mol. The standard InChI is InChI=1S/C28H23N3O3S/c1-14-2-4-15(5-3-14)22-13-35-28(29-22)30-25(32)16-6-8-17(9-7-16)31-26(33)23-18-10-11-19(21-12-20(18)21)24(23)27(31)34/h2-11,13,18-21,23-24H,12H2,1H3,(H,29,30,32)/t18-,19-,20-,21-,23+,24+/m0/s1. The zero-order valence-electron chi connectivity index (χ0n) is 19.0. The summed E-state index contributed by atoms with van der Waals surface area (Å²) in [6.45, 7) is 2.04. The van der Waals surface area contributed by atoms with Crippen LogP contribution in [0.1, 0.15) is 22.3 Å². The van der Waals surface area contributed by atoms with Gasteiger partial charge >= 0.3 is 0 Å². The minimum Gasteiger partial charge on any atom is -0.298 e. The SMILES string of the molecule is Cc1ccc(-c2csc(NC(=O)c3ccc(N4C(=O)[C@@H]5[C@H]6C=C[C@@H]([C@@H]7C[C@@H]67)[C@H]5C4=O)cc3)n2)cc1. The molecule has 4 aliphatic carbocycles. The molecule has 2 aromatic carbocycles. The number of anilines is 2. The van der Waals surface area contributed by atoms with Crippen molar-refractivity contribution in [3.63, 3.8) is 0 Å². The van der Waals surface area contributed by atoms with Gasteiger partial charge in [0.05, 0.1) is 23.2 Å². The fraction of sp³-hybridized carbons (Fsp3) is 0.286. The molecule has 174 valence electrons. The van der Waals surface area contributed by atoms with E-state index in [1.807, 2.05) is 36.6 Å². The summed E-state index contributed by atoms with van der Waals surface area (Å²) >= 11 is 1.37. The Balaban J connectivity index is 1.07. The van der Waals surface area contributed by atoms with E-state index in [4.69, 9.17) is 0 Å². The molecule has 3 fully saturated rings. The number of imide groups is 1. The van der Waals surface area contributed by atoms with E-state index in [9.17, 15) is 14.4 Å². The Labute approximate surface area is 206 Å². The van der Waals surface area contributed by atoms with Gasteiger partial charge in [-0.25, -0.2) is 4.98 Å². The molecule has 2 bridgehead atoms. The highest BCUT2D eigenvalue weighted by Gasteiger charge is 2.67. The third kappa shape index (κ3) is 3.14. The molecule has 6 nitrogen and oxygen atoms in total. The number of thiazole rings is 1. The number of nitrogens with zero attached hydrogens (tertiary/aromatic N) is 2. The maximum atomic E-state index is 13.3. The van der Waals surface area contributed by atoms with E-state index in [1.165, 1.54) is 21.8 Å². The second kappa shape index (κ2) is 7.46. The highest BCUT2D eigenvalue weighted by molar-refractivity contribution is 7.14. The third-order valence-electron chi connectivity index (χ3n) is 8.12. The minimum atomic E-state index is -0.281. The van der Waals surface area contributed by atoms with Crippen molar-refractivity contribution in [2.45, 2.75) is 13.3 Å². The van der Waals surface area contributed by atoms with Gasteiger partial charge in [0.2, 0.25) is 11.8 Å². The van der Waals surface area contributed by atoms with Crippen LogP contribution in [-0.2, 0) is 9.59 Å². The number of benzene rings is 2. The molecule has 3 amide bonds. The topological polar surface area (TPSA) is 79.4 Å². The van der Waals surface area contributed by atoms with E-state index >= 15 is 0 Å². The summed E-state index contributed by atoms with van der Waals surface area (Å²) in [6, 6.07) is 14.8. The van der Waals surface area contributed by atoms with Crippen LogP contribution in [0.2, 0.25) is 0 Å². The van der Waals surface area contributed by atoms with Gasteiger partial charge in [0, 0.05) is 16.5 Å². The predicted octanol–water partition coefficient (Wildman–Crippen LogP) is 4.93. The maximum absolute atomic E-state index is 13.3. The van der Waals surface area contributed by atoms with E-state index in [1.54, 1.807) is 24.3 Å². The number of allylic oxidation sites excluding steroid dienone is 2. The van der Waals surface area contributed by atoms with E-state index in [0.717, 1.165) is 17.7 Å². The molecular formula is C28H23N3O3S. The highest BCUT2D eigenvalue weighted by Crippen LogP contribution is 2.65. The van der Waals surface area contributed by atoms with Crippen molar-refractivity contribution >= 4 is 39.9 Å². The Morgan fingerprint density at radius 2 is 1.57 bits per heavy atom. The molecule has 35 heavy (non-hydrogen) atoms. The minimum absolute atomic E-state index is 0.0895. The van der Waals surface area contributed by atoms with E-state index in [2.05, 4.69) is 22.5 Å². The third-order valence-corrected chi connectivity index (χ3v) is 8.88. The second-order valence-electron chi connectivity index (χ2n) is 10.1. The zero-order chi connectivity index (χ0) is 23.8. The molecule has 8 rings (SSSR count). The van der Waals surface area contributed by atoms with Crippen molar-refractivity contribution < 1.29 is 14.4 Å². The fourth-order valence-electron chi connectivity index (χ4n) is 6.33. The number of hydrogen-bond donors (Lipinski definition) is 1. The van der Waals surface area contributed by atoms with Gasteiger partial charge in [-0.05, 0) is 61.3 Å². The number of aromatic nitrogens is 1. The first-order chi connectivity index (χ1) is 17.0. The summed E-state index contributed by atoms with van der Waals surface area (Å²) < 4.78 is 0. The lowest BCUT2D eigenvalue weighted by Gasteiger charge is -2.37. The number of hydrogen-bond acceptors (Lipinski definition) is 5. The number of carbonyl (C=O) groups is 3. The largest absolute Gasteiger partial charge is 0.298 e. The Hall–Kier alpha value is -3.58. The van der Waals surface area contributed by atoms with Crippen molar-refractivity contribution in [2.75, 3.05) is 10.2 Å². The van der Waals surface area contributed by atoms with Gasteiger partial charge in [-0.15, -0.1) is 11.3 Å². The second-order valence-corrected chi connectivity index (χ2v) is 10.9. The first kappa shape index (κ1) is 20.8. The van der Waals surface area contributed by atoms with E-state index in [-0.39, 0.29) is 41.4 Å². The maximum Gasteiger partial charge on any atom is 0.257 e. The molecule has 2 heterocycles. The van der Waals surface area contributed by atoms with Crippen LogP contribution in [0.25, 0.3) is 11.3 Å². The van der Waals surface area contributed by atoms with Crippen LogP contribution >= 0.6 is 11.3 Å². The molecule has 5 aliphatic rings. The first-order valence-electron chi connectivity index (χ1n) is 12.0. The van der Waals surface area contributed by atoms with Crippen LogP contribution in [0.3, 0.4) is 0 Å². The van der Waals surface area contributed by atoms with Crippen LogP contribution < -0.4 is 10.2 Å². The molecule has 6 atom stereocenters. The van der Waals surface area contributed by atoms with Crippen LogP contribution in [0, 0.1) is 42.4 Å². The number of nitrogens with one attached hydrogen (secondary N) is 1. The normalized spacial score (nSPS) is 29.8. The summed E-state index contributed by atoms with van der Waals surface area (Å²) in [5, 5.41) is 5.28. The zero-order valence-corrected chi connectivity index (χ0v) is 19.9. The van der Waals surface area contributed by atoms with Crippen LogP contribution in [0.15, 0.2) is 66.1 Å². The highest BCUT2D eigenvalue weighted by atomic mass is 32.1. The fourth-order valence-corrected chi connectivity index (χ4v) is 7.05.